The first kappa shape index (κ1) is 19.9. The van der Waals surface area contributed by atoms with Crippen LogP contribution < -0.4 is 0 Å². The molecule has 3 aromatic carbocycles. The minimum Gasteiger partial charge on any atom is -0.264 e. The van der Waals surface area contributed by atoms with Crippen molar-refractivity contribution in [1.82, 2.24) is 4.98 Å². The average Bonchev–Trinajstić information content (AvgIpc) is 3.36. The predicted molar refractivity (Wildman–Crippen MR) is 143 cm³/mol. The van der Waals surface area contributed by atoms with Crippen molar-refractivity contribution >= 4 is 63.0 Å². The Morgan fingerprint density at radius 3 is 2.44 bits per heavy atom. The fraction of sp³-hybridized carbons (Fsp3) is 0.207. The summed E-state index contributed by atoms with van der Waals surface area (Å²) in [6.07, 6.45) is 10.2. The van der Waals surface area contributed by atoms with E-state index in [9.17, 15) is 0 Å². The van der Waals surface area contributed by atoms with E-state index in [0.717, 1.165) is 0 Å². The molecule has 0 aliphatic rings. The van der Waals surface area contributed by atoms with Crippen molar-refractivity contribution in [2.24, 2.45) is 0 Å². The van der Waals surface area contributed by atoms with Gasteiger partial charge in [0.2, 0.25) is 0 Å². The van der Waals surface area contributed by atoms with E-state index in [1.807, 2.05) is 41.1 Å². The van der Waals surface area contributed by atoms with Gasteiger partial charge in [-0.05, 0) is 65.1 Å². The molecule has 0 bridgehead atoms. The molecule has 158 valence electrons. The van der Waals surface area contributed by atoms with Crippen LogP contribution in [0.1, 0.15) is 38.2 Å². The standard InChI is InChI=1S/C29H25NS2/c1-2-3-4-5-7-19-9-10-21-17-27-25(16-23(21)14-19)29-28(32-27)24-15-20(11-12-26(24)31-29)22-8-6-13-30-18-22/h6,8-18H,2-5,7H2,1H3. The van der Waals surface area contributed by atoms with Gasteiger partial charge in [-0.2, -0.15) is 0 Å². The highest BCUT2D eigenvalue weighted by atomic mass is 32.1. The Kier molecular flexibility index (Phi) is 5.17. The first-order chi connectivity index (χ1) is 15.8. The molecular formula is C29H25NS2. The van der Waals surface area contributed by atoms with E-state index in [-0.39, 0.29) is 0 Å². The molecule has 3 heterocycles. The van der Waals surface area contributed by atoms with E-state index >= 15 is 0 Å². The van der Waals surface area contributed by atoms with Gasteiger partial charge in [0.05, 0.1) is 9.40 Å². The minimum atomic E-state index is 1.17. The van der Waals surface area contributed by atoms with Crippen molar-refractivity contribution in [2.45, 2.75) is 39.0 Å². The van der Waals surface area contributed by atoms with E-state index in [4.69, 9.17) is 0 Å². The smallest absolute Gasteiger partial charge is 0.0542 e. The van der Waals surface area contributed by atoms with Gasteiger partial charge in [0.1, 0.15) is 0 Å². The molecule has 6 aromatic rings. The highest BCUT2D eigenvalue weighted by molar-refractivity contribution is 7.36. The molecule has 0 spiro atoms. The topological polar surface area (TPSA) is 12.9 Å². The van der Waals surface area contributed by atoms with Crippen molar-refractivity contribution in [3.63, 3.8) is 0 Å². The number of rotatable bonds is 6. The van der Waals surface area contributed by atoms with Crippen LogP contribution in [0.15, 0.2) is 73.1 Å². The largest absolute Gasteiger partial charge is 0.264 e. The molecule has 0 saturated heterocycles. The summed E-state index contributed by atoms with van der Waals surface area (Å²) in [5.41, 5.74) is 3.88. The SMILES string of the molecule is CCCCCCc1ccc2cc3sc4c5cc(-c6cccnc6)ccc5sc4c3cc2c1. The molecule has 6 rings (SSSR count). The van der Waals surface area contributed by atoms with Crippen LogP contribution in [0, 0.1) is 0 Å². The number of unbranched alkanes of at least 4 members (excludes halogenated alkanes) is 3. The second kappa shape index (κ2) is 8.31. The number of hydrogen-bond acceptors (Lipinski definition) is 3. The van der Waals surface area contributed by atoms with Crippen LogP contribution in [-0.4, -0.2) is 4.98 Å². The highest BCUT2D eigenvalue weighted by Crippen LogP contribution is 2.46. The van der Waals surface area contributed by atoms with Gasteiger partial charge in [0.25, 0.3) is 0 Å². The van der Waals surface area contributed by atoms with Gasteiger partial charge in [-0.25, -0.2) is 0 Å². The van der Waals surface area contributed by atoms with Gasteiger partial charge >= 0.3 is 0 Å². The molecule has 0 N–H and O–H groups in total. The lowest BCUT2D eigenvalue weighted by atomic mass is 10.0. The molecule has 0 unspecified atom stereocenters. The maximum Gasteiger partial charge on any atom is 0.0542 e. The molecule has 0 amide bonds. The Balaban J connectivity index is 1.45. The Labute approximate surface area is 196 Å². The van der Waals surface area contributed by atoms with E-state index in [1.54, 1.807) is 0 Å². The molecule has 0 radical (unpaired) electrons. The number of nitrogens with zero attached hydrogens (tertiary/aromatic N) is 1. The maximum absolute atomic E-state index is 4.30. The highest BCUT2D eigenvalue weighted by Gasteiger charge is 2.14. The number of pyridine rings is 1. The van der Waals surface area contributed by atoms with Gasteiger partial charge in [-0.15, -0.1) is 22.7 Å². The van der Waals surface area contributed by atoms with Gasteiger partial charge in [0.15, 0.2) is 0 Å². The van der Waals surface area contributed by atoms with Crippen LogP contribution in [0.3, 0.4) is 0 Å². The molecule has 0 aliphatic heterocycles. The summed E-state index contributed by atoms with van der Waals surface area (Å²) in [6, 6.07) is 22.9. The Bertz CT molecular complexity index is 1560. The van der Waals surface area contributed by atoms with Crippen molar-refractivity contribution in [3.8, 4) is 11.1 Å². The molecule has 0 atom stereocenters. The molecule has 3 aromatic heterocycles. The van der Waals surface area contributed by atoms with Crippen molar-refractivity contribution in [3.05, 3.63) is 78.6 Å². The van der Waals surface area contributed by atoms with Crippen molar-refractivity contribution < 1.29 is 0 Å². The molecule has 3 heteroatoms. The number of benzene rings is 3. The zero-order chi connectivity index (χ0) is 21.5. The normalized spacial score (nSPS) is 11.9. The van der Waals surface area contributed by atoms with E-state index < -0.39 is 0 Å². The Hall–Kier alpha value is -2.75. The van der Waals surface area contributed by atoms with E-state index in [0.29, 0.717) is 0 Å². The van der Waals surface area contributed by atoms with Gasteiger partial charge in [-0.1, -0.05) is 56.5 Å². The summed E-state index contributed by atoms with van der Waals surface area (Å²) in [5, 5.41) is 5.50. The van der Waals surface area contributed by atoms with E-state index in [2.05, 4.69) is 66.5 Å². The van der Waals surface area contributed by atoms with Crippen LogP contribution >= 0.6 is 22.7 Å². The van der Waals surface area contributed by atoms with Crippen molar-refractivity contribution in [2.75, 3.05) is 0 Å². The predicted octanol–water partition coefficient (Wildman–Crippen LogP) is 9.61. The fourth-order valence-electron chi connectivity index (χ4n) is 4.68. The maximum atomic E-state index is 4.30. The summed E-state index contributed by atoms with van der Waals surface area (Å²) in [7, 11) is 0. The second-order valence-corrected chi connectivity index (χ2v) is 10.8. The lowest BCUT2D eigenvalue weighted by Crippen LogP contribution is -1.86. The Morgan fingerprint density at radius 1 is 0.719 bits per heavy atom. The van der Waals surface area contributed by atoms with Crippen LogP contribution in [0.2, 0.25) is 0 Å². The van der Waals surface area contributed by atoms with Crippen LogP contribution in [0.4, 0.5) is 0 Å². The number of aromatic nitrogens is 1. The first-order valence-electron chi connectivity index (χ1n) is 11.5. The van der Waals surface area contributed by atoms with Crippen molar-refractivity contribution in [1.29, 1.82) is 0 Å². The first-order valence-corrected chi connectivity index (χ1v) is 13.2. The minimum absolute atomic E-state index is 1.17. The van der Waals surface area contributed by atoms with E-state index in [1.165, 1.54) is 89.1 Å². The summed E-state index contributed by atoms with van der Waals surface area (Å²) >= 11 is 3.86. The summed E-state index contributed by atoms with van der Waals surface area (Å²) < 4.78 is 5.60. The molecule has 0 aliphatic carbocycles. The Morgan fingerprint density at radius 2 is 1.59 bits per heavy atom. The summed E-state index contributed by atoms with van der Waals surface area (Å²) in [4.78, 5) is 4.30. The molecule has 32 heavy (non-hydrogen) atoms. The molecular weight excluding hydrogens is 426 g/mol. The molecule has 1 nitrogen and oxygen atoms in total. The fourth-order valence-corrected chi connectivity index (χ4v) is 7.32. The number of hydrogen-bond donors (Lipinski definition) is 0. The lowest BCUT2D eigenvalue weighted by Gasteiger charge is -2.05. The third-order valence-corrected chi connectivity index (χ3v) is 8.94. The molecule has 0 saturated carbocycles. The third-order valence-electron chi connectivity index (χ3n) is 6.42. The lowest BCUT2D eigenvalue weighted by molar-refractivity contribution is 0.667. The third kappa shape index (κ3) is 3.50. The average molecular weight is 452 g/mol. The summed E-state index contributed by atoms with van der Waals surface area (Å²) in [6.45, 7) is 2.27. The monoisotopic (exact) mass is 451 g/mol. The second-order valence-electron chi connectivity index (χ2n) is 8.66. The zero-order valence-corrected chi connectivity index (χ0v) is 19.9. The van der Waals surface area contributed by atoms with Gasteiger partial charge in [-0.3, -0.25) is 4.98 Å². The van der Waals surface area contributed by atoms with Gasteiger partial charge < -0.3 is 0 Å². The zero-order valence-electron chi connectivity index (χ0n) is 18.2. The number of thiophene rings is 2. The van der Waals surface area contributed by atoms with Crippen LogP contribution in [0.5, 0.6) is 0 Å². The molecule has 0 fully saturated rings. The summed E-state index contributed by atoms with van der Waals surface area (Å²) in [5.74, 6) is 0. The quantitative estimate of drug-likeness (QED) is 0.230. The number of fused-ring (bicyclic) bond motifs is 6. The van der Waals surface area contributed by atoms with Gasteiger partial charge in [0, 0.05) is 38.1 Å². The van der Waals surface area contributed by atoms with Crippen LogP contribution in [-0.2, 0) is 6.42 Å². The van der Waals surface area contributed by atoms with Crippen LogP contribution in [0.25, 0.3) is 51.5 Å². The number of aryl methyl sites for hydroxylation is 1.